The minimum absolute atomic E-state index is 0.250. The maximum absolute atomic E-state index is 8.36. The summed E-state index contributed by atoms with van der Waals surface area (Å²) in [6.45, 7) is 3.31. The van der Waals surface area contributed by atoms with Crippen molar-refractivity contribution in [1.82, 2.24) is 9.97 Å². The number of carbonyl (C=O) groups is 1. The molecule has 0 saturated heterocycles. The molecule has 7 heteroatoms. The van der Waals surface area contributed by atoms with E-state index in [0.29, 0.717) is 12.5 Å². The van der Waals surface area contributed by atoms with Gasteiger partial charge in [-0.05, 0) is 37.0 Å². The van der Waals surface area contributed by atoms with Gasteiger partial charge < -0.3 is 20.1 Å². The van der Waals surface area contributed by atoms with E-state index in [1.165, 1.54) is 11.1 Å². The molecule has 134 valence electrons. The fourth-order valence-electron chi connectivity index (χ4n) is 2.68. The van der Waals surface area contributed by atoms with Gasteiger partial charge in [0.15, 0.2) is 0 Å². The third-order valence-corrected chi connectivity index (χ3v) is 3.79. The molecule has 2 N–H and O–H groups in total. The van der Waals surface area contributed by atoms with E-state index in [0.717, 1.165) is 36.6 Å². The Labute approximate surface area is 147 Å². The monoisotopic (exact) mass is 344 g/mol. The predicted octanol–water partition coefficient (Wildman–Crippen LogP) is 2.49. The summed E-state index contributed by atoms with van der Waals surface area (Å²) in [6.07, 6.45) is 4.04. The molecule has 1 aliphatic rings. The first-order valence-corrected chi connectivity index (χ1v) is 8.12. The lowest BCUT2D eigenvalue weighted by atomic mass is 10.0. The van der Waals surface area contributed by atoms with Crippen molar-refractivity contribution in [3.63, 3.8) is 0 Å². The largest absolute Gasteiger partial charge is 0.493 e. The number of nitrogens with zero attached hydrogens (tertiary/aromatic N) is 3. The molecule has 0 bridgehead atoms. The molecule has 0 amide bonds. The van der Waals surface area contributed by atoms with Crippen molar-refractivity contribution in [3.8, 4) is 5.75 Å². The van der Waals surface area contributed by atoms with Gasteiger partial charge in [-0.15, -0.1) is 0 Å². The number of hydrogen-bond acceptors (Lipinski definition) is 6. The molecule has 3 rings (SSSR count). The van der Waals surface area contributed by atoms with Gasteiger partial charge in [0.2, 0.25) is 5.95 Å². The smallest absolute Gasteiger partial charge is 0.290 e. The van der Waals surface area contributed by atoms with E-state index in [9.17, 15) is 0 Å². The highest BCUT2D eigenvalue weighted by atomic mass is 16.5. The Morgan fingerprint density at radius 3 is 2.88 bits per heavy atom. The van der Waals surface area contributed by atoms with E-state index in [1.807, 2.05) is 32.1 Å². The maximum atomic E-state index is 8.36. The molecule has 1 aromatic heterocycles. The van der Waals surface area contributed by atoms with Crippen molar-refractivity contribution in [2.24, 2.45) is 0 Å². The van der Waals surface area contributed by atoms with Crippen LogP contribution in [0.1, 0.15) is 23.1 Å². The summed E-state index contributed by atoms with van der Waals surface area (Å²) in [4.78, 5) is 19.3. The minimum Gasteiger partial charge on any atom is -0.493 e. The topological polar surface area (TPSA) is 87.6 Å². The molecule has 0 atom stereocenters. The van der Waals surface area contributed by atoms with Gasteiger partial charge in [0.1, 0.15) is 11.6 Å². The molecule has 0 fully saturated rings. The van der Waals surface area contributed by atoms with Crippen molar-refractivity contribution in [2.45, 2.75) is 26.3 Å². The number of benzene rings is 1. The lowest BCUT2D eigenvalue weighted by Crippen LogP contribution is -2.14. The third-order valence-electron chi connectivity index (χ3n) is 3.79. The molecular weight excluding hydrogens is 320 g/mol. The Morgan fingerprint density at radius 2 is 2.16 bits per heavy atom. The molecule has 0 saturated carbocycles. The van der Waals surface area contributed by atoms with Gasteiger partial charge in [0, 0.05) is 32.4 Å². The fourth-order valence-corrected chi connectivity index (χ4v) is 2.68. The van der Waals surface area contributed by atoms with Gasteiger partial charge in [-0.2, -0.15) is 4.98 Å². The lowest BCUT2D eigenvalue weighted by molar-refractivity contribution is -0.122. The Balaban J connectivity index is 0.000000701. The first-order valence-electron chi connectivity index (χ1n) is 8.12. The third kappa shape index (κ3) is 5.07. The van der Waals surface area contributed by atoms with E-state index in [4.69, 9.17) is 14.6 Å². The van der Waals surface area contributed by atoms with Crippen LogP contribution in [0.2, 0.25) is 0 Å². The zero-order chi connectivity index (χ0) is 18.2. The fraction of sp³-hybridized carbons (Fsp3) is 0.389. The quantitative estimate of drug-likeness (QED) is 0.824. The number of rotatable bonds is 4. The lowest BCUT2D eigenvalue weighted by Gasteiger charge is -2.18. The number of aromatic nitrogens is 2. The normalized spacial score (nSPS) is 12.1. The summed E-state index contributed by atoms with van der Waals surface area (Å²) >= 11 is 0. The standard InChI is InChI=1S/C17H22N4O.CH2O2/c1-12-10-18-17(20-16(12)21(2)3)19-11-13-6-7-15-14(9-13)5-4-8-22-15;2-1-3/h6-7,9-10H,4-5,8,11H2,1-3H3,(H,18,19,20);1H,(H,2,3). The predicted molar refractivity (Wildman–Crippen MR) is 97.4 cm³/mol. The van der Waals surface area contributed by atoms with Crippen molar-refractivity contribution in [1.29, 1.82) is 0 Å². The molecule has 0 spiro atoms. The molecule has 7 nitrogen and oxygen atoms in total. The second kappa shape index (κ2) is 8.86. The molecule has 2 aromatic rings. The Morgan fingerprint density at radius 1 is 1.40 bits per heavy atom. The van der Waals surface area contributed by atoms with Crippen LogP contribution < -0.4 is 15.0 Å². The first-order chi connectivity index (χ1) is 12.0. The van der Waals surface area contributed by atoms with Crippen molar-refractivity contribution in [3.05, 3.63) is 41.1 Å². The molecule has 0 radical (unpaired) electrons. The minimum atomic E-state index is -0.250. The van der Waals surface area contributed by atoms with Crippen LogP contribution in [0.15, 0.2) is 24.4 Å². The van der Waals surface area contributed by atoms with Gasteiger partial charge in [-0.3, -0.25) is 4.79 Å². The van der Waals surface area contributed by atoms with E-state index in [-0.39, 0.29) is 6.47 Å². The van der Waals surface area contributed by atoms with Gasteiger partial charge in [-0.25, -0.2) is 4.98 Å². The van der Waals surface area contributed by atoms with Gasteiger partial charge in [-0.1, -0.05) is 12.1 Å². The van der Waals surface area contributed by atoms with Crippen LogP contribution in [0.25, 0.3) is 0 Å². The van der Waals surface area contributed by atoms with Crippen LogP contribution in [-0.4, -0.2) is 42.2 Å². The van der Waals surface area contributed by atoms with Gasteiger partial charge >= 0.3 is 0 Å². The molecule has 0 aliphatic carbocycles. The summed E-state index contributed by atoms with van der Waals surface area (Å²) in [6, 6.07) is 6.37. The molecule has 2 heterocycles. The first kappa shape index (κ1) is 18.5. The van der Waals surface area contributed by atoms with Crippen molar-refractivity contribution >= 4 is 18.2 Å². The Bertz CT molecular complexity index is 719. The van der Waals surface area contributed by atoms with Crippen molar-refractivity contribution in [2.75, 3.05) is 30.9 Å². The van der Waals surface area contributed by atoms with Crippen LogP contribution >= 0.6 is 0 Å². The number of aryl methyl sites for hydroxylation is 2. The van der Waals surface area contributed by atoms with Crippen LogP contribution in [0.5, 0.6) is 5.75 Å². The van der Waals surface area contributed by atoms with E-state index >= 15 is 0 Å². The average molecular weight is 344 g/mol. The summed E-state index contributed by atoms with van der Waals surface area (Å²) in [7, 11) is 3.98. The van der Waals surface area contributed by atoms with Gasteiger partial charge in [0.05, 0.1) is 6.61 Å². The summed E-state index contributed by atoms with van der Waals surface area (Å²) in [5.74, 6) is 2.62. The Kier molecular flexibility index (Phi) is 6.56. The van der Waals surface area contributed by atoms with E-state index in [1.54, 1.807) is 0 Å². The second-order valence-electron chi connectivity index (χ2n) is 5.95. The number of anilines is 2. The number of nitrogens with one attached hydrogen (secondary N) is 1. The SMILES string of the molecule is Cc1cnc(NCc2ccc3c(c2)CCCO3)nc1N(C)C.O=CO. The average Bonchev–Trinajstić information content (AvgIpc) is 2.61. The highest BCUT2D eigenvalue weighted by Gasteiger charge is 2.11. The molecule has 1 aromatic carbocycles. The second-order valence-corrected chi connectivity index (χ2v) is 5.95. The van der Waals surface area contributed by atoms with Crippen LogP contribution in [0, 0.1) is 6.92 Å². The maximum Gasteiger partial charge on any atom is 0.290 e. The molecule has 1 aliphatic heterocycles. The Hall–Kier alpha value is -2.83. The summed E-state index contributed by atoms with van der Waals surface area (Å²) in [5, 5.41) is 10.2. The van der Waals surface area contributed by atoms with Gasteiger partial charge in [0.25, 0.3) is 6.47 Å². The zero-order valence-electron chi connectivity index (χ0n) is 14.8. The van der Waals surface area contributed by atoms with E-state index < -0.39 is 0 Å². The number of hydrogen-bond donors (Lipinski definition) is 2. The number of ether oxygens (including phenoxy) is 1. The van der Waals surface area contributed by atoms with Crippen LogP contribution in [0.3, 0.4) is 0 Å². The van der Waals surface area contributed by atoms with Crippen LogP contribution in [0.4, 0.5) is 11.8 Å². The molecular formula is C18H24N4O3. The highest BCUT2D eigenvalue weighted by Crippen LogP contribution is 2.25. The van der Waals surface area contributed by atoms with Crippen LogP contribution in [-0.2, 0) is 17.8 Å². The summed E-state index contributed by atoms with van der Waals surface area (Å²) in [5.41, 5.74) is 3.59. The molecule has 25 heavy (non-hydrogen) atoms. The zero-order valence-corrected chi connectivity index (χ0v) is 14.8. The highest BCUT2D eigenvalue weighted by molar-refractivity contribution is 5.48. The summed E-state index contributed by atoms with van der Waals surface area (Å²) < 4.78 is 5.65. The number of fused-ring (bicyclic) bond motifs is 1. The number of carboxylic acid groups (broad SMARTS) is 1. The van der Waals surface area contributed by atoms with Crippen molar-refractivity contribution < 1.29 is 14.6 Å². The van der Waals surface area contributed by atoms with E-state index in [2.05, 4.69) is 33.5 Å². The molecule has 0 unspecified atom stereocenters.